The van der Waals surface area contributed by atoms with Crippen molar-refractivity contribution in [3.8, 4) is 0 Å². The summed E-state index contributed by atoms with van der Waals surface area (Å²) in [5.41, 5.74) is 6.13. The summed E-state index contributed by atoms with van der Waals surface area (Å²) in [5.74, 6) is 0.219. The molecule has 2 heterocycles. The molecule has 0 amide bonds. The molecule has 25 heavy (non-hydrogen) atoms. The van der Waals surface area contributed by atoms with Gasteiger partial charge in [0.25, 0.3) is 0 Å². The SMILES string of the molecule is NCCCNc1nc2ccccc2c2c(=O)c3cccc(F)c3sc12. The van der Waals surface area contributed by atoms with Crippen LogP contribution in [0.1, 0.15) is 6.42 Å². The van der Waals surface area contributed by atoms with Gasteiger partial charge >= 0.3 is 0 Å². The van der Waals surface area contributed by atoms with Crippen molar-refractivity contribution in [1.29, 1.82) is 0 Å². The standard InChI is InChI=1S/C19H16FN3OS/c20-13-7-3-6-12-16(24)15-11-5-1-2-8-14(11)23-19(22-10-4-9-21)18(15)25-17(12)13/h1-3,5-8H,4,9-10,21H2,(H,22,23). The number of anilines is 1. The van der Waals surface area contributed by atoms with E-state index < -0.39 is 0 Å². The predicted molar refractivity (Wildman–Crippen MR) is 103 cm³/mol. The molecule has 0 spiro atoms. The molecular weight excluding hydrogens is 337 g/mol. The molecule has 0 aliphatic carbocycles. The molecule has 0 aliphatic heterocycles. The van der Waals surface area contributed by atoms with Crippen LogP contribution in [0.15, 0.2) is 47.3 Å². The molecule has 0 saturated heterocycles. The molecule has 0 bridgehead atoms. The first kappa shape index (κ1) is 15.9. The van der Waals surface area contributed by atoms with Gasteiger partial charge in [0.2, 0.25) is 0 Å². The first-order valence-corrected chi connectivity index (χ1v) is 8.90. The van der Waals surface area contributed by atoms with Crippen molar-refractivity contribution in [3.63, 3.8) is 0 Å². The minimum atomic E-state index is -0.387. The zero-order valence-corrected chi connectivity index (χ0v) is 14.2. The average molecular weight is 353 g/mol. The molecule has 4 rings (SSSR count). The number of halogens is 1. The van der Waals surface area contributed by atoms with E-state index in [0.29, 0.717) is 39.1 Å². The van der Waals surface area contributed by atoms with Crippen LogP contribution in [0.5, 0.6) is 0 Å². The van der Waals surface area contributed by atoms with Crippen LogP contribution in [-0.2, 0) is 0 Å². The summed E-state index contributed by atoms with van der Waals surface area (Å²) < 4.78 is 15.3. The normalized spacial score (nSPS) is 11.4. The van der Waals surface area contributed by atoms with Crippen molar-refractivity contribution in [3.05, 3.63) is 58.5 Å². The van der Waals surface area contributed by atoms with Gasteiger partial charge < -0.3 is 11.1 Å². The van der Waals surface area contributed by atoms with Crippen LogP contribution in [0, 0.1) is 5.82 Å². The number of aromatic nitrogens is 1. The first-order chi connectivity index (χ1) is 12.2. The van der Waals surface area contributed by atoms with Crippen molar-refractivity contribution >= 4 is 48.2 Å². The minimum absolute atomic E-state index is 0.163. The number of nitrogens with two attached hydrogens (primary N) is 1. The number of nitrogens with zero attached hydrogens (tertiary/aromatic N) is 1. The molecule has 2 aromatic heterocycles. The third-order valence-corrected chi connectivity index (χ3v) is 5.38. The molecule has 0 radical (unpaired) electrons. The molecule has 0 fully saturated rings. The lowest BCUT2D eigenvalue weighted by molar-refractivity contribution is 0.641. The van der Waals surface area contributed by atoms with Gasteiger partial charge in [-0.3, -0.25) is 4.79 Å². The Morgan fingerprint density at radius 1 is 1.08 bits per heavy atom. The predicted octanol–water partition coefficient (Wildman–Crippen LogP) is 3.86. The number of hydrogen-bond donors (Lipinski definition) is 2. The summed E-state index contributed by atoms with van der Waals surface area (Å²) in [5, 5.41) is 5.03. The van der Waals surface area contributed by atoms with Crippen LogP contribution < -0.4 is 16.5 Å². The van der Waals surface area contributed by atoms with E-state index in [1.807, 2.05) is 24.3 Å². The lowest BCUT2D eigenvalue weighted by Crippen LogP contribution is -2.11. The summed E-state index contributed by atoms with van der Waals surface area (Å²) in [6.07, 6.45) is 0.785. The summed E-state index contributed by atoms with van der Waals surface area (Å²) in [7, 11) is 0. The highest BCUT2D eigenvalue weighted by Gasteiger charge is 2.16. The van der Waals surface area contributed by atoms with Crippen molar-refractivity contribution in [2.45, 2.75) is 6.42 Å². The van der Waals surface area contributed by atoms with Crippen LogP contribution in [0.4, 0.5) is 10.2 Å². The second kappa shape index (κ2) is 6.38. The summed E-state index contributed by atoms with van der Waals surface area (Å²) in [6.45, 7) is 1.21. The number of para-hydroxylation sites is 1. The van der Waals surface area contributed by atoms with Crippen molar-refractivity contribution < 1.29 is 4.39 Å². The second-order valence-electron chi connectivity index (χ2n) is 5.80. The third-order valence-electron chi connectivity index (χ3n) is 4.16. The monoisotopic (exact) mass is 353 g/mol. The Hall–Kier alpha value is -2.57. The molecule has 4 aromatic rings. The molecular formula is C19H16FN3OS. The Kier molecular flexibility index (Phi) is 4.07. The summed E-state index contributed by atoms with van der Waals surface area (Å²) >= 11 is 1.26. The van der Waals surface area contributed by atoms with E-state index in [1.54, 1.807) is 12.1 Å². The highest BCUT2D eigenvalue weighted by molar-refractivity contribution is 7.25. The zero-order valence-electron chi connectivity index (χ0n) is 13.4. The van der Waals surface area contributed by atoms with Gasteiger partial charge in [0, 0.05) is 17.3 Å². The molecule has 0 atom stereocenters. The van der Waals surface area contributed by atoms with Crippen molar-refractivity contribution in [2.24, 2.45) is 5.73 Å². The Morgan fingerprint density at radius 2 is 1.88 bits per heavy atom. The molecule has 0 unspecified atom stereocenters. The molecule has 3 N–H and O–H groups in total. The molecule has 6 heteroatoms. The fourth-order valence-electron chi connectivity index (χ4n) is 2.98. The highest BCUT2D eigenvalue weighted by Crippen LogP contribution is 2.34. The quantitative estimate of drug-likeness (QED) is 0.332. The molecule has 0 aliphatic rings. The lowest BCUT2D eigenvalue weighted by Gasteiger charge is -2.11. The van der Waals surface area contributed by atoms with Gasteiger partial charge in [0.1, 0.15) is 11.6 Å². The molecule has 4 nitrogen and oxygen atoms in total. The molecule has 2 aromatic carbocycles. The smallest absolute Gasteiger partial charge is 0.196 e. The minimum Gasteiger partial charge on any atom is -0.369 e. The number of hydrogen-bond acceptors (Lipinski definition) is 5. The third kappa shape index (κ3) is 2.63. The van der Waals surface area contributed by atoms with E-state index in [9.17, 15) is 9.18 Å². The highest BCUT2D eigenvalue weighted by atomic mass is 32.1. The maximum atomic E-state index is 14.3. The summed E-state index contributed by atoms with van der Waals surface area (Å²) in [6, 6.07) is 12.1. The van der Waals surface area contributed by atoms with Crippen molar-refractivity contribution in [1.82, 2.24) is 4.98 Å². The Balaban J connectivity index is 2.14. The Labute approximate surface area is 147 Å². The number of nitrogens with one attached hydrogen (secondary N) is 1. The lowest BCUT2D eigenvalue weighted by atomic mass is 10.1. The first-order valence-electron chi connectivity index (χ1n) is 8.08. The van der Waals surface area contributed by atoms with Gasteiger partial charge in [-0.2, -0.15) is 0 Å². The fourth-order valence-corrected chi connectivity index (χ4v) is 4.14. The number of rotatable bonds is 4. The zero-order chi connectivity index (χ0) is 17.4. The second-order valence-corrected chi connectivity index (χ2v) is 6.82. The van der Waals surface area contributed by atoms with E-state index in [2.05, 4.69) is 10.3 Å². The van der Waals surface area contributed by atoms with Gasteiger partial charge in [-0.15, -0.1) is 11.3 Å². The molecule has 0 saturated carbocycles. The number of benzene rings is 2. The Morgan fingerprint density at radius 3 is 2.72 bits per heavy atom. The Bertz CT molecular complexity index is 1160. The number of fused-ring (bicyclic) bond motifs is 4. The maximum Gasteiger partial charge on any atom is 0.196 e. The molecule has 126 valence electrons. The van der Waals surface area contributed by atoms with Gasteiger partial charge in [-0.1, -0.05) is 24.3 Å². The van der Waals surface area contributed by atoms with E-state index >= 15 is 0 Å². The number of pyridine rings is 1. The maximum absolute atomic E-state index is 14.3. The van der Waals surface area contributed by atoms with Gasteiger partial charge in [0.05, 0.1) is 20.3 Å². The van der Waals surface area contributed by atoms with Gasteiger partial charge in [0.15, 0.2) is 5.43 Å². The van der Waals surface area contributed by atoms with Crippen LogP contribution >= 0.6 is 11.3 Å². The summed E-state index contributed by atoms with van der Waals surface area (Å²) in [4.78, 5) is 17.8. The van der Waals surface area contributed by atoms with Crippen LogP contribution in [0.2, 0.25) is 0 Å². The fraction of sp³-hybridized carbons (Fsp3) is 0.158. The van der Waals surface area contributed by atoms with Crippen molar-refractivity contribution in [2.75, 3.05) is 18.4 Å². The van der Waals surface area contributed by atoms with E-state index in [0.717, 1.165) is 17.3 Å². The van der Waals surface area contributed by atoms with Crippen LogP contribution in [-0.4, -0.2) is 18.1 Å². The topological polar surface area (TPSA) is 68.0 Å². The van der Waals surface area contributed by atoms with Crippen LogP contribution in [0.3, 0.4) is 0 Å². The average Bonchev–Trinajstić information content (AvgIpc) is 2.63. The van der Waals surface area contributed by atoms with E-state index in [4.69, 9.17) is 5.73 Å². The largest absolute Gasteiger partial charge is 0.369 e. The van der Waals surface area contributed by atoms with E-state index in [-0.39, 0.29) is 11.2 Å². The van der Waals surface area contributed by atoms with Gasteiger partial charge in [-0.05, 0) is 31.2 Å². The van der Waals surface area contributed by atoms with E-state index in [1.165, 1.54) is 17.4 Å². The van der Waals surface area contributed by atoms with Gasteiger partial charge in [-0.25, -0.2) is 9.37 Å². The van der Waals surface area contributed by atoms with Crippen LogP contribution in [0.25, 0.3) is 31.1 Å².